The average molecular weight is 384 g/mol. The predicted molar refractivity (Wildman–Crippen MR) is 109 cm³/mol. The van der Waals surface area contributed by atoms with E-state index < -0.39 is 11.9 Å². The smallest absolute Gasteiger partial charge is 0.163 e. The molecule has 0 spiro atoms. The summed E-state index contributed by atoms with van der Waals surface area (Å²) in [5.74, 6) is 0.624. The number of hydrogen-bond acceptors (Lipinski definition) is 4. The Kier molecular flexibility index (Phi) is 5.75. The third-order valence-electron chi connectivity index (χ3n) is 5.17. The number of hydrogen-bond donors (Lipinski definition) is 1. The summed E-state index contributed by atoms with van der Waals surface area (Å²) in [6, 6.07) is 5.83. The van der Waals surface area contributed by atoms with Crippen molar-refractivity contribution < 1.29 is 23.7 Å². The number of aliphatic hydroxyl groups excluding tert-OH is 1. The number of ether oxygens (including phenoxy) is 3. The number of aliphatic hydroxyl groups is 1. The van der Waals surface area contributed by atoms with Crippen LogP contribution < -0.4 is 4.74 Å². The second-order valence-electron chi connectivity index (χ2n) is 6.88. The quantitative estimate of drug-likeness (QED) is 0.658. The first kappa shape index (κ1) is 20.0. The van der Waals surface area contributed by atoms with Crippen molar-refractivity contribution in [3.63, 3.8) is 0 Å². The fraction of sp³-hybridized carbons (Fsp3) is 0.304. The van der Waals surface area contributed by atoms with Crippen LogP contribution in [0, 0.1) is 0 Å². The third kappa shape index (κ3) is 3.62. The fourth-order valence-corrected chi connectivity index (χ4v) is 3.78. The minimum Gasteiger partial charge on any atom is -0.513 e. The highest BCUT2D eigenvalue weighted by Gasteiger charge is 2.28. The minimum absolute atomic E-state index is 0.104. The minimum atomic E-state index is -0.464. The summed E-state index contributed by atoms with van der Waals surface area (Å²) in [5, 5.41) is 9.75. The van der Waals surface area contributed by atoms with Crippen molar-refractivity contribution >= 4 is 11.1 Å². The summed E-state index contributed by atoms with van der Waals surface area (Å²) in [6.45, 7) is 5.63. The molecule has 0 fully saturated rings. The van der Waals surface area contributed by atoms with E-state index in [2.05, 4.69) is 6.58 Å². The Balaban J connectivity index is 2.12. The maximum atomic E-state index is 14.5. The number of methoxy groups -OCH3 is 3. The highest BCUT2D eigenvalue weighted by Crippen LogP contribution is 2.45. The van der Waals surface area contributed by atoms with Crippen LogP contribution in [0.15, 0.2) is 65.4 Å². The van der Waals surface area contributed by atoms with E-state index in [0.29, 0.717) is 12.8 Å². The molecule has 3 rings (SSSR count). The Morgan fingerprint density at radius 1 is 1.25 bits per heavy atom. The van der Waals surface area contributed by atoms with Gasteiger partial charge >= 0.3 is 0 Å². The molecule has 0 aliphatic heterocycles. The molecule has 1 N–H and O–H groups in total. The maximum absolute atomic E-state index is 14.5. The Hall–Kier alpha value is -2.79. The lowest BCUT2D eigenvalue weighted by Crippen LogP contribution is -2.20. The molecule has 0 bridgehead atoms. The second kappa shape index (κ2) is 8.07. The van der Waals surface area contributed by atoms with E-state index in [1.165, 1.54) is 13.2 Å². The molecule has 1 aromatic carbocycles. The summed E-state index contributed by atoms with van der Waals surface area (Å²) in [5.41, 5.74) is 5.81. The van der Waals surface area contributed by atoms with Gasteiger partial charge in [0.05, 0.1) is 20.0 Å². The van der Waals surface area contributed by atoms with Gasteiger partial charge in [0.15, 0.2) is 11.6 Å². The molecule has 5 heteroatoms. The van der Waals surface area contributed by atoms with Gasteiger partial charge in [-0.3, -0.25) is 0 Å². The molecule has 0 radical (unpaired) electrons. The van der Waals surface area contributed by atoms with E-state index in [0.717, 1.165) is 39.2 Å². The van der Waals surface area contributed by atoms with E-state index in [4.69, 9.17) is 14.2 Å². The Morgan fingerprint density at radius 2 is 2.00 bits per heavy atom. The summed E-state index contributed by atoms with van der Waals surface area (Å²) in [6.07, 6.45) is 3.86. The van der Waals surface area contributed by atoms with Crippen molar-refractivity contribution in [1.82, 2.24) is 0 Å². The first-order valence-electron chi connectivity index (χ1n) is 9.04. The molecule has 0 amide bonds. The molecule has 0 saturated carbocycles. The van der Waals surface area contributed by atoms with Gasteiger partial charge in [0.1, 0.15) is 11.9 Å². The molecule has 148 valence electrons. The van der Waals surface area contributed by atoms with Gasteiger partial charge < -0.3 is 19.3 Å². The van der Waals surface area contributed by atoms with E-state index in [9.17, 15) is 9.50 Å². The summed E-state index contributed by atoms with van der Waals surface area (Å²) < 4.78 is 30.4. The molecule has 1 unspecified atom stereocenters. The lowest BCUT2D eigenvalue weighted by Gasteiger charge is -2.23. The van der Waals surface area contributed by atoms with Crippen molar-refractivity contribution in [2.45, 2.75) is 25.9 Å². The van der Waals surface area contributed by atoms with Gasteiger partial charge in [-0.1, -0.05) is 18.7 Å². The number of halogens is 1. The maximum Gasteiger partial charge on any atom is 0.163 e. The normalized spacial score (nSPS) is 20.4. The van der Waals surface area contributed by atoms with Gasteiger partial charge in [-0.2, -0.15) is 0 Å². The van der Waals surface area contributed by atoms with E-state index in [1.807, 2.05) is 31.2 Å². The molecule has 0 aromatic heterocycles. The predicted octanol–water partition coefficient (Wildman–Crippen LogP) is 5.50. The van der Waals surface area contributed by atoms with Crippen molar-refractivity contribution in [3.8, 4) is 5.75 Å². The van der Waals surface area contributed by atoms with Crippen LogP contribution in [0.3, 0.4) is 0 Å². The van der Waals surface area contributed by atoms with Gasteiger partial charge in [0, 0.05) is 20.0 Å². The molecule has 1 atom stereocenters. The van der Waals surface area contributed by atoms with Crippen molar-refractivity contribution in [1.29, 1.82) is 0 Å². The van der Waals surface area contributed by atoms with E-state index in [-0.39, 0.29) is 11.5 Å². The summed E-state index contributed by atoms with van der Waals surface area (Å²) in [7, 11) is 4.60. The summed E-state index contributed by atoms with van der Waals surface area (Å²) >= 11 is 0. The number of rotatable bonds is 6. The largest absolute Gasteiger partial charge is 0.513 e. The van der Waals surface area contributed by atoms with Crippen LogP contribution >= 0.6 is 0 Å². The van der Waals surface area contributed by atoms with Gasteiger partial charge in [-0.15, -0.1) is 0 Å². The van der Waals surface area contributed by atoms with Crippen LogP contribution in [0.1, 0.15) is 30.9 Å². The molecule has 0 saturated heterocycles. The molecule has 0 heterocycles. The molecule has 28 heavy (non-hydrogen) atoms. The third-order valence-corrected chi connectivity index (χ3v) is 5.17. The molecule has 2 aliphatic rings. The lowest BCUT2D eigenvalue weighted by atomic mass is 9.94. The number of fused-ring (bicyclic) bond motifs is 1. The fourth-order valence-electron chi connectivity index (χ4n) is 3.78. The number of benzene rings is 1. The van der Waals surface area contributed by atoms with Gasteiger partial charge in [0.25, 0.3) is 0 Å². The number of allylic oxidation sites excluding steroid dienone is 6. The second-order valence-corrected chi connectivity index (χ2v) is 6.88. The van der Waals surface area contributed by atoms with Gasteiger partial charge in [-0.25, -0.2) is 4.39 Å². The first-order chi connectivity index (χ1) is 13.4. The Bertz CT molecular complexity index is 934. The zero-order chi connectivity index (χ0) is 20.4. The van der Waals surface area contributed by atoms with Crippen molar-refractivity contribution in [3.05, 3.63) is 76.5 Å². The molecule has 4 nitrogen and oxygen atoms in total. The highest BCUT2D eigenvalue weighted by molar-refractivity contribution is 6.01. The molecule has 2 aliphatic carbocycles. The van der Waals surface area contributed by atoms with Gasteiger partial charge in [-0.05, 0) is 58.6 Å². The van der Waals surface area contributed by atoms with Crippen LogP contribution in [0.25, 0.3) is 11.1 Å². The van der Waals surface area contributed by atoms with Crippen LogP contribution in [0.5, 0.6) is 5.75 Å². The molecule has 1 aromatic rings. The van der Waals surface area contributed by atoms with Crippen LogP contribution in [0.2, 0.25) is 0 Å². The SMILES string of the molecule is C=C(O)CC1=C(C)/C(=C/C2=CC(F)=C(OC)C(OC)C2)c2cc(OC)ccc21. The zero-order valence-corrected chi connectivity index (χ0v) is 16.6. The van der Waals surface area contributed by atoms with Crippen LogP contribution in [0.4, 0.5) is 4.39 Å². The Morgan fingerprint density at radius 3 is 2.61 bits per heavy atom. The van der Waals surface area contributed by atoms with Crippen LogP contribution in [-0.2, 0) is 9.47 Å². The highest BCUT2D eigenvalue weighted by atomic mass is 19.1. The van der Waals surface area contributed by atoms with Crippen molar-refractivity contribution in [2.75, 3.05) is 21.3 Å². The Labute approximate surface area is 164 Å². The molecular formula is C23H25FO4. The zero-order valence-electron chi connectivity index (χ0n) is 16.6. The monoisotopic (exact) mass is 384 g/mol. The van der Waals surface area contributed by atoms with E-state index in [1.54, 1.807) is 14.2 Å². The van der Waals surface area contributed by atoms with Crippen LogP contribution in [-0.4, -0.2) is 32.5 Å². The first-order valence-corrected chi connectivity index (χ1v) is 9.04. The topological polar surface area (TPSA) is 47.9 Å². The standard InChI is InChI=1S/C23H25FO4/c1-13(25)8-18-14(2)19(20-12-16(26-3)6-7-17(18)20)9-15-10-21(24)23(28-5)22(11-15)27-4/h6-7,9-10,12,22,25H,1,8,11H2,2-5H3/b19-9-. The van der Waals surface area contributed by atoms with Crippen molar-refractivity contribution in [2.24, 2.45) is 0 Å². The lowest BCUT2D eigenvalue weighted by molar-refractivity contribution is 0.0726. The summed E-state index contributed by atoms with van der Waals surface area (Å²) in [4.78, 5) is 0. The molecular weight excluding hydrogens is 359 g/mol. The van der Waals surface area contributed by atoms with E-state index >= 15 is 0 Å². The average Bonchev–Trinajstić information content (AvgIpc) is 2.92. The van der Waals surface area contributed by atoms with Gasteiger partial charge in [0.2, 0.25) is 0 Å².